The predicted octanol–water partition coefficient (Wildman–Crippen LogP) is 5.04. The van der Waals surface area contributed by atoms with E-state index in [2.05, 4.69) is 20.8 Å². The molecule has 4 fully saturated rings. The van der Waals surface area contributed by atoms with E-state index in [-0.39, 0.29) is 65.9 Å². The number of esters is 2. The van der Waals surface area contributed by atoms with Gasteiger partial charge in [-0.2, -0.15) is 0 Å². The second kappa shape index (κ2) is 11.0. The van der Waals surface area contributed by atoms with Crippen molar-refractivity contribution in [3.63, 3.8) is 0 Å². The highest BCUT2D eigenvalue weighted by molar-refractivity contribution is 6.27. The number of carbonyl (C=O) groups excluding carboxylic acids is 3. The van der Waals surface area contributed by atoms with Gasteiger partial charge in [0, 0.05) is 6.42 Å². The van der Waals surface area contributed by atoms with Crippen molar-refractivity contribution in [3.05, 3.63) is 22.6 Å². The standard InChI is InChI=1S/C30H41ClO9/c1-6-30(26-16(3)12-20(36-26)25-15(2)11-17(4)27(34)38-25)10-8-22(40-30)29(5)9-7-18(39-29)13-19(32)23-24(33)21(14-31)37-28(23)35/h14-18,20,22,25-26,33H,6-13H2,1-5H3/b21-14-/t15-,16-,17+,18+,20+,22+,25-,26+,29-,30-/m0/s1. The minimum Gasteiger partial charge on any atom is -0.504 e. The molecule has 0 radical (unpaired) electrons. The zero-order valence-electron chi connectivity index (χ0n) is 23.9. The van der Waals surface area contributed by atoms with Gasteiger partial charge in [0.05, 0.1) is 47.1 Å². The Morgan fingerprint density at radius 2 is 1.85 bits per heavy atom. The normalized spacial score (nSPS) is 44.9. The molecule has 0 saturated carbocycles. The van der Waals surface area contributed by atoms with Crippen molar-refractivity contribution in [2.24, 2.45) is 17.8 Å². The lowest BCUT2D eigenvalue weighted by atomic mass is 9.81. The Labute approximate surface area is 240 Å². The zero-order valence-corrected chi connectivity index (χ0v) is 24.7. The molecule has 10 atom stereocenters. The van der Waals surface area contributed by atoms with Crippen molar-refractivity contribution < 1.29 is 43.2 Å². The number of cyclic esters (lactones) is 2. The molecule has 5 aliphatic heterocycles. The number of aliphatic hydroxyl groups is 1. The number of rotatable bonds is 7. The average Bonchev–Trinajstić information content (AvgIpc) is 3.67. The minimum absolute atomic E-state index is 0.0490. The van der Waals surface area contributed by atoms with Gasteiger partial charge in [0.15, 0.2) is 17.3 Å². The van der Waals surface area contributed by atoms with Crippen LogP contribution in [0.5, 0.6) is 0 Å². The third-order valence-corrected chi connectivity index (χ3v) is 10.0. The van der Waals surface area contributed by atoms with E-state index in [0.717, 1.165) is 37.6 Å². The van der Waals surface area contributed by atoms with Crippen LogP contribution < -0.4 is 0 Å². The maximum absolute atomic E-state index is 12.8. The lowest BCUT2D eigenvalue weighted by molar-refractivity contribution is -0.204. The van der Waals surface area contributed by atoms with E-state index in [0.29, 0.717) is 12.8 Å². The largest absolute Gasteiger partial charge is 0.504 e. The van der Waals surface area contributed by atoms with Crippen LogP contribution in [0.25, 0.3) is 0 Å². The summed E-state index contributed by atoms with van der Waals surface area (Å²) in [5.41, 5.74) is -0.530. The Hall–Kier alpha value is -1.94. The minimum atomic E-state index is -0.905. The molecule has 0 aromatic rings. The number of aliphatic hydroxyl groups excluding tert-OH is 1. The fraction of sp³-hybridized carbons (Fsp3) is 0.767. The molecule has 5 heterocycles. The lowest BCUT2D eigenvalue weighted by Gasteiger charge is -2.40. The summed E-state index contributed by atoms with van der Waals surface area (Å²) in [7, 11) is 0. The van der Waals surface area contributed by atoms with Crippen molar-refractivity contribution in [1.82, 2.24) is 0 Å². The van der Waals surface area contributed by atoms with Crippen LogP contribution in [-0.4, -0.2) is 64.6 Å². The van der Waals surface area contributed by atoms with Crippen LogP contribution in [0.2, 0.25) is 0 Å². The predicted molar refractivity (Wildman–Crippen MR) is 144 cm³/mol. The third kappa shape index (κ3) is 5.12. The molecule has 4 saturated heterocycles. The molecule has 222 valence electrons. The molecule has 10 heteroatoms. The summed E-state index contributed by atoms with van der Waals surface area (Å²) in [6.45, 7) is 10.4. The van der Waals surface area contributed by atoms with Gasteiger partial charge in [0.25, 0.3) is 0 Å². The maximum Gasteiger partial charge on any atom is 0.351 e. The number of Topliss-reactive ketones (excluding diaryl/α,β-unsaturated/α-hetero) is 1. The second-order valence-electron chi connectivity index (χ2n) is 12.7. The van der Waals surface area contributed by atoms with E-state index >= 15 is 0 Å². The van der Waals surface area contributed by atoms with Gasteiger partial charge < -0.3 is 28.8 Å². The van der Waals surface area contributed by atoms with E-state index in [1.165, 1.54) is 0 Å². The average molecular weight is 581 g/mol. The Balaban J connectivity index is 1.23. The molecule has 0 unspecified atom stereocenters. The van der Waals surface area contributed by atoms with Crippen molar-refractivity contribution in [2.45, 2.75) is 128 Å². The van der Waals surface area contributed by atoms with Gasteiger partial charge in [-0.1, -0.05) is 39.3 Å². The molecule has 40 heavy (non-hydrogen) atoms. The fourth-order valence-corrected chi connectivity index (χ4v) is 7.72. The highest BCUT2D eigenvalue weighted by atomic mass is 35.5. The van der Waals surface area contributed by atoms with Crippen LogP contribution >= 0.6 is 11.6 Å². The summed E-state index contributed by atoms with van der Waals surface area (Å²) in [6, 6.07) is 0. The molecule has 0 aromatic heterocycles. The summed E-state index contributed by atoms with van der Waals surface area (Å²) in [4.78, 5) is 37.2. The van der Waals surface area contributed by atoms with Crippen LogP contribution in [0.15, 0.2) is 22.6 Å². The van der Waals surface area contributed by atoms with E-state index < -0.39 is 34.8 Å². The van der Waals surface area contributed by atoms with Crippen molar-refractivity contribution in [2.75, 3.05) is 0 Å². The Morgan fingerprint density at radius 1 is 1.10 bits per heavy atom. The number of hydrogen-bond acceptors (Lipinski definition) is 9. The molecule has 1 N–H and O–H groups in total. The Kier molecular flexibility index (Phi) is 8.16. The van der Waals surface area contributed by atoms with E-state index in [9.17, 15) is 19.5 Å². The number of ether oxygens (including phenoxy) is 5. The molecule has 0 bridgehead atoms. The highest BCUT2D eigenvalue weighted by Crippen LogP contribution is 2.50. The van der Waals surface area contributed by atoms with Gasteiger partial charge in [0.2, 0.25) is 0 Å². The van der Waals surface area contributed by atoms with Crippen LogP contribution in [-0.2, 0) is 38.1 Å². The van der Waals surface area contributed by atoms with Gasteiger partial charge in [-0.25, -0.2) is 4.79 Å². The Morgan fingerprint density at radius 3 is 2.52 bits per heavy atom. The first-order valence-corrected chi connectivity index (χ1v) is 15.1. The summed E-state index contributed by atoms with van der Waals surface area (Å²) < 4.78 is 30.7. The summed E-state index contributed by atoms with van der Waals surface area (Å²) in [6.07, 6.45) is 4.24. The van der Waals surface area contributed by atoms with E-state index in [1.54, 1.807) is 0 Å². The van der Waals surface area contributed by atoms with Crippen LogP contribution in [0.1, 0.15) is 86.0 Å². The van der Waals surface area contributed by atoms with Gasteiger partial charge >= 0.3 is 11.9 Å². The monoisotopic (exact) mass is 580 g/mol. The molecule has 0 spiro atoms. The first-order valence-electron chi connectivity index (χ1n) is 14.6. The van der Waals surface area contributed by atoms with E-state index in [4.69, 9.17) is 35.3 Å². The maximum atomic E-state index is 12.8. The highest BCUT2D eigenvalue weighted by Gasteiger charge is 2.58. The van der Waals surface area contributed by atoms with Crippen LogP contribution in [0.4, 0.5) is 0 Å². The summed E-state index contributed by atoms with van der Waals surface area (Å²) in [5, 5.41) is 10.2. The first-order chi connectivity index (χ1) is 18.9. The van der Waals surface area contributed by atoms with Gasteiger partial charge in [0.1, 0.15) is 11.7 Å². The third-order valence-electron chi connectivity index (χ3n) is 9.82. The van der Waals surface area contributed by atoms with Crippen LogP contribution in [0.3, 0.4) is 0 Å². The van der Waals surface area contributed by atoms with Crippen LogP contribution in [0, 0.1) is 17.8 Å². The topological polar surface area (TPSA) is 118 Å². The number of carbonyl (C=O) groups is 3. The quantitative estimate of drug-likeness (QED) is 0.326. The SMILES string of the molecule is CC[C@@]1([C@@H]2O[C@@H]([C@H]3OC(=O)[C@H](C)C[C@@H]3C)C[C@@H]2C)CC[C@H]([C@]2(C)CC[C@H](CC(=O)C3=C(O)/C(=C/Cl)OC3=O)O2)O1. The fourth-order valence-electron chi connectivity index (χ4n) is 7.57. The van der Waals surface area contributed by atoms with Crippen molar-refractivity contribution in [1.29, 1.82) is 0 Å². The molecule has 9 nitrogen and oxygen atoms in total. The molecule has 5 rings (SSSR count). The smallest absolute Gasteiger partial charge is 0.351 e. The molecule has 5 aliphatic rings. The zero-order chi connectivity index (χ0) is 29.0. The van der Waals surface area contributed by atoms with Gasteiger partial charge in [-0.05, 0) is 63.7 Å². The van der Waals surface area contributed by atoms with E-state index in [1.807, 2.05) is 13.8 Å². The van der Waals surface area contributed by atoms with Gasteiger partial charge in [-0.3, -0.25) is 9.59 Å². The van der Waals surface area contributed by atoms with Gasteiger partial charge in [-0.15, -0.1) is 0 Å². The van der Waals surface area contributed by atoms with Crippen molar-refractivity contribution in [3.8, 4) is 0 Å². The molecule has 0 amide bonds. The molecular formula is C30H41ClO9. The summed E-state index contributed by atoms with van der Waals surface area (Å²) in [5.74, 6) is -1.93. The second-order valence-corrected chi connectivity index (χ2v) is 12.9. The summed E-state index contributed by atoms with van der Waals surface area (Å²) >= 11 is 5.56. The molecular weight excluding hydrogens is 540 g/mol. The molecule has 0 aliphatic carbocycles. The molecule has 0 aromatic carbocycles. The number of hydrogen-bond donors (Lipinski definition) is 1. The lowest BCUT2D eigenvalue weighted by Crippen LogP contribution is -2.49. The first kappa shape index (κ1) is 29.5. The number of halogens is 1. The number of ketones is 1. The Bertz CT molecular complexity index is 1120. The van der Waals surface area contributed by atoms with Crippen molar-refractivity contribution >= 4 is 29.3 Å².